The summed E-state index contributed by atoms with van der Waals surface area (Å²) in [5, 5.41) is 12.0. The van der Waals surface area contributed by atoms with Crippen molar-refractivity contribution in [2.45, 2.75) is 32.6 Å². The van der Waals surface area contributed by atoms with E-state index >= 15 is 0 Å². The van der Waals surface area contributed by atoms with Crippen LogP contribution in [-0.4, -0.2) is 23.5 Å². The zero-order valence-corrected chi connectivity index (χ0v) is 8.95. The minimum absolute atomic E-state index is 0.140. The molecule has 4 heteroatoms. The van der Waals surface area contributed by atoms with Crippen molar-refractivity contribution in [3.8, 4) is 0 Å². The number of carboxylic acids is 1. The van der Waals surface area contributed by atoms with Gasteiger partial charge in [0.1, 0.15) is 0 Å². The lowest BCUT2D eigenvalue weighted by molar-refractivity contribution is -0.152. The maximum absolute atomic E-state index is 11.4. The van der Waals surface area contributed by atoms with Crippen molar-refractivity contribution in [3.05, 3.63) is 0 Å². The Kier molecular flexibility index (Phi) is 2.44. The minimum atomic E-state index is -0.733. The number of hydrogen-bond acceptors (Lipinski definition) is 2. The van der Waals surface area contributed by atoms with Crippen molar-refractivity contribution < 1.29 is 14.7 Å². The van der Waals surface area contributed by atoms with Crippen molar-refractivity contribution >= 4 is 11.9 Å². The molecule has 2 saturated carbocycles. The molecule has 15 heavy (non-hydrogen) atoms. The molecule has 0 aromatic carbocycles. The first kappa shape index (κ1) is 10.5. The highest BCUT2D eigenvalue weighted by molar-refractivity contribution is 5.78. The van der Waals surface area contributed by atoms with Crippen LogP contribution in [-0.2, 0) is 9.59 Å². The Labute approximate surface area is 89.0 Å². The summed E-state index contributed by atoms with van der Waals surface area (Å²) in [4.78, 5) is 22.2. The predicted molar refractivity (Wildman–Crippen MR) is 54.2 cm³/mol. The SMILES string of the molecule is CC(=O)NCC1(C(=O)O)CC2CCC1C2. The molecule has 2 aliphatic carbocycles. The van der Waals surface area contributed by atoms with Crippen LogP contribution in [0.5, 0.6) is 0 Å². The van der Waals surface area contributed by atoms with Crippen molar-refractivity contribution in [2.24, 2.45) is 17.3 Å². The van der Waals surface area contributed by atoms with Crippen molar-refractivity contribution in [2.75, 3.05) is 6.54 Å². The fraction of sp³-hybridized carbons (Fsp3) is 0.818. The molecule has 0 spiro atoms. The molecule has 2 fully saturated rings. The van der Waals surface area contributed by atoms with E-state index in [-0.39, 0.29) is 11.8 Å². The summed E-state index contributed by atoms with van der Waals surface area (Å²) in [5.74, 6) is -0.0337. The molecule has 2 rings (SSSR count). The number of aliphatic carboxylic acids is 1. The predicted octanol–water partition coefficient (Wildman–Crippen LogP) is 1.01. The van der Waals surface area contributed by atoms with Crippen LogP contribution in [0.4, 0.5) is 0 Å². The molecule has 0 aromatic heterocycles. The van der Waals surface area contributed by atoms with Crippen LogP contribution in [0.25, 0.3) is 0 Å². The van der Waals surface area contributed by atoms with Gasteiger partial charge in [0, 0.05) is 13.5 Å². The average molecular weight is 211 g/mol. The summed E-state index contributed by atoms with van der Waals surface area (Å²) in [5.41, 5.74) is -0.672. The summed E-state index contributed by atoms with van der Waals surface area (Å²) in [6.45, 7) is 1.74. The normalized spacial score (nSPS) is 37.9. The number of carboxylic acid groups (broad SMARTS) is 1. The van der Waals surface area contributed by atoms with Gasteiger partial charge in [-0.15, -0.1) is 0 Å². The Morgan fingerprint density at radius 2 is 2.20 bits per heavy atom. The topological polar surface area (TPSA) is 66.4 Å². The van der Waals surface area contributed by atoms with Crippen LogP contribution in [0.1, 0.15) is 32.6 Å². The number of carbonyl (C=O) groups excluding carboxylic acids is 1. The molecule has 84 valence electrons. The Morgan fingerprint density at radius 1 is 1.47 bits per heavy atom. The third-order valence-electron chi connectivity index (χ3n) is 4.05. The van der Waals surface area contributed by atoms with Crippen LogP contribution >= 0.6 is 0 Å². The molecular weight excluding hydrogens is 194 g/mol. The number of fused-ring (bicyclic) bond motifs is 2. The van der Waals surface area contributed by atoms with Crippen LogP contribution in [0.2, 0.25) is 0 Å². The summed E-state index contributed by atoms with van der Waals surface area (Å²) in [7, 11) is 0. The lowest BCUT2D eigenvalue weighted by atomic mass is 9.73. The third kappa shape index (κ3) is 1.62. The zero-order valence-electron chi connectivity index (χ0n) is 8.95. The maximum Gasteiger partial charge on any atom is 0.311 e. The van der Waals surface area contributed by atoms with Crippen LogP contribution in [0, 0.1) is 17.3 Å². The molecule has 2 aliphatic rings. The average Bonchev–Trinajstić information content (AvgIpc) is 2.74. The van der Waals surface area contributed by atoms with Crippen LogP contribution in [0.15, 0.2) is 0 Å². The van der Waals surface area contributed by atoms with E-state index in [9.17, 15) is 14.7 Å². The molecule has 0 radical (unpaired) electrons. The smallest absolute Gasteiger partial charge is 0.311 e. The molecule has 0 heterocycles. The van der Waals surface area contributed by atoms with E-state index in [2.05, 4.69) is 5.32 Å². The quantitative estimate of drug-likeness (QED) is 0.732. The van der Waals surface area contributed by atoms with Crippen LogP contribution in [0.3, 0.4) is 0 Å². The maximum atomic E-state index is 11.4. The van der Waals surface area contributed by atoms with Crippen LogP contribution < -0.4 is 5.32 Å². The van der Waals surface area contributed by atoms with Gasteiger partial charge in [-0.05, 0) is 31.1 Å². The molecule has 3 atom stereocenters. The molecule has 1 amide bonds. The Hall–Kier alpha value is -1.06. The van der Waals surface area contributed by atoms with Gasteiger partial charge in [0.05, 0.1) is 5.41 Å². The van der Waals surface area contributed by atoms with Gasteiger partial charge in [0.15, 0.2) is 0 Å². The molecule has 4 nitrogen and oxygen atoms in total. The first-order chi connectivity index (χ1) is 7.04. The summed E-state index contributed by atoms with van der Waals surface area (Å²) in [6.07, 6.45) is 3.95. The van der Waals surface area contributed by atoms with Crippen molar-refractivity contribution in [1.29, 1.82) is 0 Å². The van der Waals surface area contributed by atoms with E-state index in [0.29, 0.717) is 12.5 Å². The van der Waals surface area contributed by atoms with E-state index in [1.165, 1.54) is 13.3 Å². The van der Waals surface area contributed by atoms with E-state index in [1.54, 1.807) is 0 Å². The second-order valence-electron chi connectivity index (χ2n) is 4.95. The second-order valence-corrected chi connectivity index (χ2v) is 4.95. The van der Waals surface area contributed by atoms with Gasteiger partial charge in [-0.3, -0.25) is 9.59 Å². The Balaban J connectivity index is 2.12. The molecule has 2 bridgehead atoms. The van der Waals surface area contributed by atoms with Gasteiger partial charge in [-0.2, -0.15) is 0 Å². The summed E-state index contributed by atoms with van der Waals surface area (Å²) >= 11 is 0. The first-order valence-electron chi connectivity index (χ1n) is 5.52. The first-order valence-corrected chi connectivity index (χ1v) is 5.52. The number of amides is 1. The van der Waals surface area contributed by atoms with E-state index in [4.69, 9.17) is 0 Å². The van der Waals surface area contributed by atoms with E-state index in [1.807, 2.05) is 0 Å². The highest BCUT2D eigenvalue weighted by Crippen LogP contribution is 2.55. The molecular formula is C11H17NO3. The fourth-order valence-electron chi connectivity index (χ4n) is 3.28. The fourth-order valence-corrected chi connectivity index (χ4v) is 3.28. The summed E-state index contributed by atoms with van der Waals surface area (Å²) < 4.78 is 0. The number of nitrogens with one attached hydrogen (secondary N) is 1. The number of rotatable bonds is 3. The monoisotopic (exact) mass is 211 g/mol. The van der Waals surface area contributed by atoms with Gasteiger partial charge >= 0.3 is 5.97 Å². The van der Waals surface area contributed by atoms with Crippen molar-refractivity contribution in [1.82, 2.24) is 5.32 Å². The second kappa shape index (κ2) is 3.51. The van der Waals surface area contributed by atoms with Gasteiger partial charge in [-0.25, -0.2) is 0 Å². The molecule has 0 aromatic rings. The van der Waals surface area contributed by atoms with E-state index in [0.717, 1.165) is 19.3 Å². The zero-order chi connectivity index (χ0) is 11.1. The molecule has 0 aliphatic heterocycles. The standard InChI is InChI=1S/C11H17NO3/c1-7(13)12-6-11(10(14)15)5-8-2-3-9(11)4-8/h8-9H,2-6H2,1H3,(H,12,13)(H,14,15). The molecule has 0 saturated heterocycles. The van der Waals surface area contributed by atoms with Crippen molar-refractivity contribution in [3.63, 3.8) is 0 Å². The summed E-state index contributed by atoms with van der Waals surface area (Å²) in [6, 6.07) is 0. The number of hydrogen-bond donors (Lipinski definition) is 2. The number of carbonyl (C=O) groups is 2. The lowest BCUT2D eigenvalue weighted by Gasteiger charge is -2.33. The van der Waals surface area contributed by atoms with Gasteiger partial charge < -0.3 is 10.4 Å². The minimum Gasteiger partial charge on any atom is -0.481 e. The lowest BCUT2D eigenvalue weighted by Crippen LogP contribution is -2.46. The van der Waals surface area contributed by atoms with Gasteiger partial charge in [-0.1, -0.05) is 6.42 Å². The highest BCUT2D eigenvalue weighted by Gasteiger charge is 2.55. The largest absolute Gasteiger partial charge is 0.481 e. The molecule has 3 unspecified atom stereocenters. The van der Waals surface area contributed by atoms with E-state index < -0.39 is 11.4 Å². The molecule has 2 N–H and O–H groups in total. The third-order valence-corrected chi connectivity index (χ3v) is 4.05. The van der Waals surface area contributed by atoms with Gasteiger partial charge in [0.25, 0.3) is 0 Å². The Bertz CT molecular complexity index is 302. The Morgan fingerprint density at radius 3 is 2.60 bits per heavy atom. The van der Waals surface area contributed by atoms with Gasteiger partial charge in [0.2, 0.25) is 5.91 Å². The highest BCUT2D eigenvalue weighted by atomic mass is 16.4.